The molecule has 59 heavy (non-hydrogen) atoms. The van der Waals surface area contributed by atoms with Gasteiger partial charge in [0.15, 0.2) is 5.82 Å². The van der Waals surface area contributed by atoms with Gasteiger partial charge in [0.2, 0.25) is 5.88 Å². The first-order chi connectivity index (χ1) is 28.2. The Balaban J connectivity index is 1.25. The van der Waals surface area contributed by atoms with Gasteiger partial charge in [0, 0.05) is 24.0 Å². The lowest BCUT2D eigenvalue weighted by atomic mass is 9.91. The fourth-order valence-electron chi connectivity index (χ4n) is 11.9. The van der Waals surface area contributed by atoms with Gasteiger partial charge in [0.1, 0.15) is 49.0 Å². The number of hydrogen-bond acceptors (Lipinski definition) is 8. The van der Waals surface area contributed by atoms with Crippen LogP contribution in [-0.4, -0.2) is 100 Å². The number of aromatic nitrogens is 3. The van der Waals surface area contributed by atoms with Crippen molar-refractivity contribution in [3.8, 4) is 34.6 Å². The highest BCUT2D eigenvalue weighted by Crippen LogP contribution is 2.48. The summed E-state index contributed by atoms with van der Waals surface area (Å²) in [5, 5.41) is 11.8. The minimum atomic E-state index is -2.28. The normalized spacial score (nSPS) is 25.1. The smallest absolute Gasteiger partial charge is 0.407 e. The van der Waals surface area contributed by atoms with Crippen molar-refractivity contribution in [2.24, 2.45) is 0 Å². The number of carbonyl (C=O) groups is 1. The van der Waals surface area contributed by atoms with Gasteiger partial charge in [-0.2, -0.15) is 9.97 Å². The second kappa shape index (κ2) is 14.4. The van der Waals surface area contributed by atoms with Crippen LogP contribution in [0.1, 0.15) is 86.1 Å². The molecule has 5 aliphatic heterocycles. The number of benzene rings is 2. The van der Waals surface area contributed by atoms with E-state index in [0.717, 1.165) is 37.9 Å². The molecule has 2 aromatic heterocycles. The third-order valence-electron chi connectivity index (χ3n) is 14.6. The van der Waals surface area contributed by atoms with E-state index in [9.17, 15) is 9.90 Å². The van der Waals surface area contributed by atoms with Gasteiger partial charge < -0.3 is 19.5 Å². The number of ether oxygens (including phenoxy) is 2. The van der Waals surface area contributed by atoms with E-state index in [1.165, 1.54) is 6.07 Å². The van der Waals surface area contributed by atoms with Crippen LogP contribution < -0.4 is 14.4 Å². The molecule has 4 saturated heterocycles. The quantitative estimate of drug-likeness (QED) is 0.111. The third kappa shape index (κ3) is 5.94. The van der Waals surface area contributed by atoms with Crippen molar-refractivity contribution in [2.75, 3.05) is 31.1 Å². The van der Waals surface area contributed by atoms with E-state index in [2.05, 4.69) is 69.4 Å². The van der Waals surface area contributed by atoms with Crippen molar-refractivity contribution >= 4 is 41.7 Å². The molecule has 4 aromatic rings. The van der Waals surface area contributed by atoms with Crippen LogP contribution in [0.2, 0.25) is 16.6 Å². The zero-order chi connectivity index (χ0) is 41.7. The fourth-order valence-corrected chi connectivity index (χ4v) is 17.1. The van der Waals surface area contributed by atoms with E-state index >= 15 is 8.78 Å². The first kappa shape index (κ1) is 39.6. The van der Waals surface area contributed by atoms with Crippen LogP contribution in [0.5, 0.6) is 11.9 Å². The Bertz CT molecular complexity index is 2450. The molecule has 0 saturated carbocycles. The molecule has 0 aliphatic carbocycles. The summed E-state index contributed by atoms with van der Waals surface area (Å²) in [6, 6.07) is 7.51. The predicted octanol–water partition coefficient (Wildman–Crippen LogP) is 9.35. The number of amides is 1. The predicted molar refractivity (Wildman–Crippen MR) is 229 cm³/mol. The van der Waals surface area contributed by atoms with Crippen LogP contribution in [0.25, 0.3) is 32.9 Å². The van der Waals surface area contributed by atoms with Crippen LogP contribution in [0.15, 0.2) is 42.5 Å². The van der Waals surface area contributed by atoms with Crippen molar-refractivity contribution < 1.29 is 28.2 Å². The summed E-state index contributed by atoms with van der Waals surface area (Å²) < 4.78 is 47.3. The lowest BCUT2D eigenvalue weighted by Gasteiger charge is -2.47. The zero-order valence-electron chi connectivity index (χ0n) is 35.1. The number of rotatable bonds is 7. The van der Waals surface area contributed by atoms with Gasteiger partial charge in [-0.15, -0.1) is 5.54 Å². The SMILES string of the molecule is C=C1CCN2CCC[C@]12COc1nc2c3c(nc(-c4cccc5ccc(F)c(C#C[Si](C(C)C)(C(C)C)C(C)C)c45)c(F)c3n1)OC(C)C1C3CCC(CN21)N3C(=O)O. The molecule has 5 aliphatic rings. The molecule has 13 heteroatoms. The van der Waals surface area contributed by atoms with Gasteiger partial charge in [0.25, 0.3) is 0 Å². The first-order valence-corrected chi connectivity index (χ1v) is 23.6. The van der Waals surface area contributed by atoms with Crippen molar-refractivity contribution in [1.29, 1.82) is 0 Å². The van der Waals surface area contributed by atoms with Crippen LogP contribution in [0.3, 0.4) is 0 Å². The lowest BCUT2D eigenvalue weighted by Crippen LogP contribution is -2.64. The number of anilines is 1. The molecular formula is C46H54F2N6O4Si. The molecule has 7 heterocycles. The van der Waals surface area contributed by atoms with Crippen molar-refractivity contribution in [1.82, 2.24) is 24.8 Å². The van der Waals surface area contributed by atoms with Gasteiger partial charge in [-0.05, 0) is 73.6 Å². The topological polar surface area (TPSA) is 104 Å². The Morgan fingerprint density at radius 1 is 1.05 bits per heavy atom. The van der Waals surface area contributed by atoms with E-state index < -0.39 is 37.9 Å². The fraction of sp³-hybridized carbons (Fsp3) is 0.522. The minimum absolute atomic E-state index is 0.0182. The maximum Gasteiger partial charge on any atom is 0.407 e. The van der Waals surface area contributed by atoms with Gasteiger partial charge in [-0.25, -0.2) is 18.6 Å². The van der Waals surface area contributed by atoms with Crippen molar-refractivity contribution in [2.45, 2.75) is 127 Å². The maximum absolute atomic E-state index is 17.8. The van der Waals surface area contributed by atoms with Crippen LogP contribution in [0.4, 0.5) is 19.4 Å². The largest absolute Gasteiger partial charge is 0.472 e. The highest BCUT2D eigenvalue weighted by atomic mass is 28.3. The van der Waals surface area contributed by atoms with Gasteiger partial charge >= 0.3 is 12.1 Å². The third-order valence-corrected chi connectivity index (χ3v) is 20.9. The van der Waals surface area contributed by atoms with Crippen LogP contribution >= 0.6 is 0 Å². The Hall–Kier alpha value is -4.80. The number of hydrogen-bond donors (Lipinski definition) is 1. The number of pyridine rings is 1. The molecule has 9 rings (SSSR count). The second-order valence-corrected chi connectivity index (χ2v) is 23.9. The van der Waals surface area contributed by atoms with Gasteiger partial charge in [0.05, 0.1) is 29.2 Å². The van der Waals surface area contributed by atoms with E-state index in [1.807, 2.05) is 19.1 Å². The molecule has 4 fully saturated rings. The lowest BCUT2D eigenvalue weighted by molar-refractivity contribution is 0.0706. The molecule has 310 valence electrons. The van der Waals surface area contributed by atoms with E-state index in [1.54, 1.807) is 17.0 Å². The average molecular weight is 821 g/mol. The number of carboxylic acid groups (broad SMARTS) is 1. The molecule has 0 spiro atoms. The van der Waals surface area contributed by atoms with Gasteiger partial charge in [-0.3, -0.25) is 9.80 Å². The zero-order valence-corrected chi connectivity index (χ0v) is 36.1. The average Bonchev–Trinajstić information content (AvgIpc) is 3.83. The first-order valence-electron chi connectivity index (χ1n) is 21.3. The monoisotopic (exact) mass is 820 g/mol. The van der Waals surface area contributed by atoms with Crippen LogP contribution in [-0.2, 0) is 0 Å². The molecular weight excluding hydrogens is 767 g/mol. The number of fused-ring (bicyclic) bond motifs is 7. The maximum atomic E-state index is 17.8. The van der Waals surface area contributed by atoms with Gasteiger partial charge in [-0.1, -0.05) is 83.9 Å². The number of piperazine rings is 1. The molecule has 1 N–H and O–H groups in total. The summed E-state index contributed by atoms with van der Waals surface area (Å²) in [6.07, 6.45) is 2.66. The Labute approximate surface area is 346 Å². The van der Waals surface area contributed by atoms with E-state index in [0.29, 0.717) is 63.5 Å². The second-order valence-electron chi connectivity index (χ2n) is 18.3. The molecule has 2 aromatic carbocycles. The summed E-state index contributed by atoms with van der Waals surface area (Å²) in [4.78, 5) is 33.4. The van der Waals surface area contributed by atoms with Crippen molar-refractivity contribution in [3.63, 3.8) is 0 Å². The summed E-state index contributed by atoms with van der Waals surface area (Å²) in [6.45, 7) is 22.1. The summed E-state index contributed by atoms with van der Waals surface area (Å²) in [5.74, 6) is 2.70. The Kier molecular flexibility index (Phi) is 9.70. The number of nitrogens with zero attached hydrogens (tertiary/aromatic N) is 6. The van der Waals surface area contributed by atoms with E-state index in [4.69, 9.17) is 24.4 Å². The summed E-state index contributed by atoms with van der Waals surface area (Å²) in [7, 11) is -2.28. The molecule has 4 unspecified atom stereocenters. The molecule has 1 amide bonds. The molecule has 10 nitrogen and oxygen atoms in total. The highest BCUT2D eigenvalue weighted by molar-refractivity contribution is 6.90. The highest BCUT2D eigenvalue weighted by Gasteiger charge is 2.53. The molecule has 5 atom stereocenters. The molecule has 2 bridgehead atoms. The van der Waals surface area contributed by atoms with E-state index in [-0.39, 0.29) is 52.9 Å². The summed E-state index contributed by atoms with van der Waals surface area (Å²) in [5.41, 5.74) is 5.96. The number of halogens is 2. The summed E-state index contributed by atoms with van der Waals surface area (Å²) >= 11 is 0. The molecule has 0 radical (unpaired) electrons. The van der Waals surface area contributed by atoms with Crippen molar-refractivity contribution in [3.05, 3.63) is 59.7 Å². The Morgan fingerprint density at radius 2 is 1.81 bits per heavy atom. The minimum Gasteiger partial charge on any atom is -0.472 e. The standard InChI is InChI=1S/C46H54F2N6O4Si/c1-25(2)59(26(3)4,27(5)6)22-18-32-34(47)15-13-30-11-9-12-33(36(30)32)39-38(48)40-37-42(51-44(50-40)57-24-46-19-10-20-52(46)21-17-28(46)7)53-23-31-14-16-35(54(31)45(55)56)41(53)29(8)58-43(37)49-39/h9,11-13,15,25-27,29,31,35,41H,7,10,14,16-17,19-21,23-24H2,1-6,8H3,(H,55,56)/t29?,31?,35?,41?,46-/m0/s1. The van der Waals surface area contributed by atoms with Crippen LogP contribution in [0, 0.1) is 23.1 Å². The Morgan fingerprint density at radius 3 is 2.54 bits per heavy atom.